The van der Waals surface area contributed by atoms with Crippen molar-refractivity contribution in [3.05, 3.63) is 24.0 Å². The molecule has 3 N–H and O–H groups in total. The molecule has 0 aliphatic heterocycles. The molecule has 0 aliphatic rings. The lowest BCUT2D eigenvalue weighted by molar-refractivity contribution is 0.0818. The van der Waals surface area contributed by atoms with Crippen LogP contribution in [0, 0.1) is 0 Å². The van der Waals surface area contributed by atoms with Crippen molar-refractivity contribution >= 4 is 6.03 Å². The quantitative estimate of drug-likeness (QED) is 0.729. The van der Waals surface area contributed by atoms with Crippen LogP contribution in [-0.2, 0) is 13.5 Å². The Bertz CT molecular complexity index is 407. The van der Waals surface area contributed by atoms with Crippen molar-refractivity contribution in [2.45, 2.75) is 45.3 Å². The first-order valence-electron chi connectivity index (χ1n) is 6.65. The number of nitrogens with one attached hydrogen (secondary N) is 2. The Morgan fingerprint density at radius 3 is 2.74 bits per heavy atom. The highest BCUT2D eigenvalue weighted by Crippen LogP contribution is 2.05. The number of aromatic nitrogens is 1. The minimum atomic E-state index is -0.885. The molecule has 5 nitrogen and oxygen atoms in total. The fraction of sp³-hybridized carbons (Fsp3) is 0.643. The van der Waals surface area contributed by atoms with Gasteiger partial charge >= 0.3 is 6.03 Å². The van der Waals surface area contributed by atoms with Gasteiger partial charge in [0.25, 0.3) is 0 Å². The van der Waals surface area contributed by atoms with Crippen LogP contribution < -0.4 is 10.6 Å². The normalized spacial score (nSPS) is 13.1. The summed E-state index contributed by atoms with van der Waals surface area (Å²) < 4.78 is 2.08. The van der Waals surface area contributed by atoms with Crippen LogP contribution >= 0.6 is 0 Å². The highest BCUT2D eigenvalue weighted by atomic mass is 16.3. The van der Waals surface area contributed by atoms with E-state index in [4.69, 9.17) is 0 Å². The zero-order valence-corrected chi connectivity index (χ0v) is 12.2. The van der Waals surface area contributed by atoms with Crippen molar-refractivity contribution in [1.82, 2.24) is 15.2 Å². The van der Waals surface area contributed by atoms with E-state index >= 15 is 0 Å². The fourth-order valence-electron chi connectivity index (χ4n) is 1.76. The Kier molecular flexibility index (Phi) is 5.42. The van der Waals surface area contributed by atoms with Crippen molar-refractivity contribution in [3.63, 3.8) is 0 Å². The molecule has 0 bridgehead atoms. The first-order valence-corrected chi connectivity index (χ1v) is 6.65. The van der Waals surface area contributed by atoms with E-state index in [1.54, 1.807) is 13.8 Å². The van der Waals surface area contributed by atoms with E-state index in [0.717, 1.165) is 12.8 Å². The Balaban J connectivity index is 2.25. The molecule has 1 aromatic heterocycles. The molecule has 0 saturated carbocycles. The number of aryl methyl sites for hydroxylation is 2. The van der Waals surface area contributed by atoms with Crippen molar-refractivity contribution in [3.8, 4) is 0 Å². The number of rotatable bonds is 6. The van der Waals surface area contributed by atoms with Crippen LogP contribution in [0.15, 0.2) is 18.3 Å². The van der Waals surface area contributed by atoms with Gasteiger partial charge in [0.2, 0.25) is 0 Å². The Hall–Kier alpha value is -1.49. The van der Waals surface area contributed by atoms with Gasteiger partial charge < -0.3 is 20.3 Å². The van der Waals surface area contributed by atoms with E-state index in [-0.39, 0.29) is 18.6 Å². The molecule has 1 heterocycles. The van der Waals surface area contributed by atoms with E-state index in [2.05, 4.69) is 21.3 Å². The SMILES string of the molecule is CC(CCc1cccn1C)NC(=O)NCC(C)(C)O. The third kappa shape index (κ3) is 6.29. The predicted molar refractivity (Wildman–Crippen MR) is 76.0 cm³/mol. The summed E-state index contributed by atoms with van der Waals surface area (Å²) in [6.45, 7) is 5.54. The van der Waals surface area contributed by atoms with Gasteiger partial charge in [0.1, 0.15) is 0 Å². The number of nitrogens with zero attached hydrogens (tertiary/aromatic N) is 1. The van der Waals surface area contributed by atoms with Crippen LogP contribution in [0.3, 0.4) is 0 Å². The molecule has 108 valence electrons. The average Bonchev–Trinajstić information content (AvgIpc) is 2.69. The monoisotopic (exact) mass is 267 g/mol. The van der Waals surface area contributed by atoms with Crippen molar-refractivity contribution in [1.29, 1.82) is 0 Å². The van der Waals surface area contributed by atoms with Crippen LogP contribution in [0.2, 0.25) is 0 Å². The summed E-state index contributed by atoms with van der Waals surface area (Å²) in [5.74, 6) is 0. The van der Waals surface area contributed by atoms with Crippen molar-refractivity contribution < 1.29 is 9.90 Å². The summed E-state index contributed by atoms with van der Waals surface area (Å²) in [5, 5.41) is 15.0. The lowest BCUT2D eigenvalue weighted by Crippen LogP contribution is -2.46. The van der Waals surface area contributed by atoms with E-state index in [9.17, 15) is 9.90 Å². The molecule has 1 rings (SSSR count). The van der Waals surface area contributed by atoms with Gasteiger partial charge in [-0.05, 0) is 45.7 Å². The molecule has 5 heteroatoms. The minimum Gasteiger partial charge on any atom is -0.389 e. The second-order valence-corrected chi connectivity index (χ2v) is 5.69. The van der Waals surface area contributed by atoms with E-state index in [1.165, 1.54) is 5.69 Å². The summed E-state index contributed by atoms with van der Waals surface area (Å²) in [6, 6.07) is 3.96. The van der Waals surface area contributed by atoms with Crippen LogP contribution in [0.5, 0.6) is 0 Å². The molecule has 19 heavy (non-hydrogen) atoms. The smallest absolute Gasteiger partial charge is 0.315 e. The number of hydrogen-bond acceptors (Lipinski definition) is 2. The minimum absolute atomic E-state index is 0.0942. The number of amides is 2. The first-order chi connectivity index (χ1) is 8.78. The molecule has 0 aromatic carbocycles. The van der Waals surface area contributed by atoms with Gasteiger partial charge in [-0.15, -0.1) is 0 Å². The van der Waals surface area contributed by atoms with Gasteiger partial charge in [0, 0.05) is 31.5 Å². The Morgan fingerprint density at radius 1 is 1.53 bits per heavy atom. The maximum absolute atomic E-state index is 11.6. The Labute approximate surface area is 115 Å². The lowest BCUT2D eigenvalue weighted by Gasteiger charge is -2.20. The van der Waals surface area contributed by atoms with Crippen LogP contribution in [0.25, 0.3) is 0 Å². The van der Waals surface area contributed by atoms with Gasteiger partial charge in [-0.1, -0.05) is 0 Å². The molecule has 2 amide bonds. The standard InChI is InChI=1S/C14H25N3O2/c1-11(7-8-12-6-5-9-17(12)4)16-13(18)15-10-14(2,3)19/h5-6,9,11,19H,7-8,10H2,1-4H3,(H2,15,16,18). The molecule has 1 aromatic rings. The van der Waals surface area contributed by atoms with Crippen LogP contribution in [0.1, 0.15) is 32.9 Å². The van der Waals surface area contributed by atoms with Crippen LogP contribution in [-0.4, -0.2) is 33.9 Å². The largest absolute Gasteiger partial charge is 0.389 e. The molecular formula is C14H25N3O2. The summed E-state index contributed by atoms with van der Waals surface area (Å²) in [7, 11) is 2.02. The topological polar surface area (TPSA) is 66.3 Å². The van der Waals surface area contributed by atoms with E-state index in [0.29, 0.717) is 0 Å². The number of carbonyl (C=O) groups is 1. The highest BCUT2D eigenvalue weighted by Gasteiger charge is 2.14. The summed E-state index contributed by atoms with van der Waals surface area (Å²) in [5.41, 5.74) is 0.370. The molecule has 0 aliphatic carbocycles. The summed E-state index contributed by atoms with van der Waals surface area (Å²) in [4.78, 5) is 11.6. The second kappa shape index (κ2) is 6.61. The van der Waals surface area contributed by atoms with Gasteiger partial charge in [0.15, 0.2) is 0 Å². The third-order valence-electron chi connectivity index (χ3n) is 2.94. The average molecular weight is 267 g/mol. The van der Waals surface area contributed by atoms with Crippen molar-refractivity contribution in [2.24, 2.45) is 7.05 Å². The van der Waals surface area contributed by atoms with Gasteiger partial charge in [0.05, 0.1) is 5.60 Å². The third-order valence-corrected chi connectivity index (χ3v) is 2.94. The Morgan fingerprint density at radius 2 is 2.21 bits per heavy atom. The molecule has 1 atom stereocenters. The maximum Gasteiger partial charge on any atom is 0.315 e. The number of hydrogen-bond donors (Lipinski definition) is 3. The maximum atomic E-state index is 11.6. The number of carbonyl (C=O) groups excluding carboxylic acids is 1. The van der Waals surface area contributed by atoms with Crippen molar-refractivity contribution in [2.75, 3.05) is 6.54 Å². The van der Waals surface area contributed by atoms with Gasteiger partial charge in [-0.2, -0.15) is 0 Å². The first kappa shape index (κ1) is 15.6. The molecule has 0 saturated heterocycles. The molecule has 0 spiro atoms. The number of aliphatic hydroxyl groups is 1. The summed E-state index contributed by atoms with van der Waals surface area (Å²) in [6.07, 6.45) is 3.83. The predicted octanol–water partition coefficient (Wildman–Crippen LogP) is 1.42. The van der Waals surface area contributed by atoms with Gasteiger partial charge in [-0.3, -0.25) is 0 Å². The molecule has 0 radical (unpaired) electrons. The van der Waals surface area contributed by atoms with E-state index < -0.39 is 5.60 Å². The highest BCUT2D eigenvalue weighted by molar-refractivity contribution is 5.74. The van der Waals surface area contributed by atoms with E-state index in [1.807, 2.05) is 26.2 Å². The summed E-state index contributed by atoms with van der Waals surface area (Å²) >= 11 is 0. The zero-order valence-electron chi connectivity index (χ0n) is 12.2. The molecule has 0 fully saturated rings. The second-order valence-electron chi connectivity index (χ2n) is 5.69. The molecular weight excluding hydrogens is 242 g/mol. The molecule has 1 unspecified atom stereocenters. The van der Waals surface area contributed by atoms with Crippen LogP contribution in [0.4, 0.5) is 4.79 Å². The van der Waals surface area contributed by atoms with Gasteiger partial charge in [-0.25, -0.2) is 4.79 Å². The fourth-order valence-corrected chi connectivity index (χ4v) is 1.76. The number of urea groups is 1. The zero-order chi connectivity index (χ0) is 14.5. The lowest BCUT2D eigenvalue weighted by atomic mass is 10.1.